The van der Waals surface area contributed by atoms with E-state index in [1.54, 1.807) is 0 Å². The minimum absolute atomic E-state index is 0.156. The minimum atomic E-state index is -0.156. The van der Waals surface area contributed by atoms with Crippen molar-refractivity contribution in [2.24, 2.45) is 5.92 Å². The Kier molecular flexibility index (Phi) is 13.5. The number of carbonyl (C=O) groups excluding carboxylic acids is 1. The zero-order chi connectivity index (χ0) is 14.3. The lowest BCUT2D eigenvalue weighted by molar-refractivity contribution is -0.141. The molecule has 0 heterocycles. The molecule has 0 fully saturated rings. The second-order valence-electron chi connectivity index (χ2n) is 5.85. The van der Waals surface area contributed by atoms with E-state index >= 15 is 0 Å². The van der Waals surface area contributed by atoms with Gasteiger partial charge in [-0.15, -0.1) is 0 Å². The van der Waals surface area contributed by atoms with E-state index in [1.807, 2.05) is 0 Å². The van der Waals surface area contributed by atoms with Crippen molar-refractivity contribution >= 4 is 5.97 Å². The van der Waals surface area contributed by atoms with Crippen molar-refractivity contribution in [3.8, 4) is 0 Å². The molecule has 2 nitrogen and oxygen atoms in total. The summed E-state index contributed by atoms with van der Waals surface area (Å²) in [6, 6.07) is 0. The van der Waals surface area contributed by atoms with E-state index in [-0.39, 0.29) is 5.97 Å². The lowest BCUT2D eigenvalue weighted by Gasteiger charge is -2.10. The molecule has 0 aromatic rings. The number of esters is 1. The Morgan fingerprint density at radius 3 is 2.00 bits per heavy atom. The molecule has 0 N–H and O–H groups in total. The fourth-order valence-corrected chi connectivity index (χ4v) is 2.41. The van der Waals surface area contributed by atoms with Crippen LogP contribution in [0.25, 0.3) is 0 Å². The zero-order valence-electron chi connectivity index (χ0n) is 13.4. The van der Waals surface area contributed by atoms with E-state index in [1.165, 1.54) is 71.1 Å². The molecule has 0 aliphatic carbocycles. The van der Waals surface area contributed by atoms with Crippen LogP contribution in [0.4, 0.5) is 0 Å². The average molecular weight is 270 g/mol. The Hall–Kier alpha value is -0.530. The molecule has 114 valence electrons. The van der Waals surface area contributed by atoms with Crippen molar-refractivity contribution in [1.82, 2.24) is 0 Å². The molecule has 2 heteroatoms. The highest BCUT2D eigenvalue weighted by molar-refractivity contribution is 5.65. The molecule has 0 bridgehead atoms. The molecule has 0 aliphatic heterocycles. The lowest BCUT2D eigenvalue weighted by atomic mass is 9.96. The Balaban J connectivity index is 3.14. The Morgan fingerprint density at radius 2 is 1.42 bits per heavy atom. The van der Waals surface area contributed by atoms with Crippen LogP contribution in [0.5, 0.6) is 0 Å². The van der Waals surface area contributed by atoms with Crippen molar-refractivity contribution in [2.75, 3.05) is 6.61 Å². The fraction of sp³-hybridized carbons (Fsp3) is 0.941. The average Bonchev–Trinajstić information content (AvgIpc) is 2.37. The molecular formula is C17H34O2. The number of unbranched alkanes of at least 4 members (excludes halogenated alkanes) is 7. The second-order valence-corrected chi connectivity index (χ2v) is 5.85. The van der Waals surface area contributed by atoms with Crippen LogP contribution in [0.2, 0.25) is 0 Å². The SMILES string of the molecule is CCCCCCC(C)CCCCCCCOC(C)=O. The van der Waals surface area contributed by atoms with E-state index in [0.717, 1.165) is 12.3 Å². The number of hydrogen-bond acceptors (Lipinski definition) is 2. The summed E-state index contributed by atoms with van der Waals surface area (Å²) in [6.45, 7) is 6.74. The molecule has 1 atom stereocenters. The molecule has 19 heavy (non-hydrogen) atoms. The van der Waals surface area contributed by atoms with Crippen molar-refractivity contribution in [3.05, 3.63) is 0 Å². The van der Waals surface area contributed by atoms with Crippen LogP contribution in [0.1, 0.15) is 91.4 Å². The van der Waals surface area contributed by atoms with Gasteiger partial charge in [-0.3, -0.25) is 4.79 Å². The zero-order valence-corrected chi connectivity index (χ0v) is 13.4. The molecule has 0 aromatic heterocycles. The summed E-state index contributed by atoms with van der Waals surface area (Å²) < 4.78 is 4.91. The van der Waals surface area contributed by atoms with Crippen molar-refractivity contribution < 1.29 is 9.53 Å². The van der Waals surface area contributed by atoms with Gasteiger partial charge in [0.05, 0.1) is 6.61 Å². The van der Waals surface area contributed by atoms with Gasteiger partial charge in [0.2, 0.25) is 0 Å². The third kappa shape index (κ3) is 15.4. The van der Waals surface area contributed by atoms with Crippen LogP contribution >= 0.6 is 0 Å². The van der Waals surface area contributed by atoms with E-state index in [0.29, 0.717) is 6.61 Å². The van der Waals surface area contributed by atoms with E-state index < -0.39 is 0 Å². The van der Waals surface area contributed by atoms with Crippen LogP contribution in [0.15, 0.2) is 0 Å². The number of ether oxygens (including phenoxy) is 1. The molecule has 0 amide bonds. The first kappa shape index (κ1) is 18.5. The molecule has 0 aromatic carbocycles. The van der Waals surface area contributed by atoms with Gasteiger partial charge in [0.25, 0.3) is 0 Å². The summed E-state index contributed by atoms with van der Waals surface area (Å²) in [4.78, 5) is 10.6. The van der Waals surface area contributed by atoms with Crippen LogP contribution in [0, 0.1) is 5.92 Å². The van der Waals surface area contributed by atoms with Crippen LogP contribution in [0.3, 0.4) is 0 Å². The third-order valence-electron chi connectivity index (χ3n) is 3.70. The number of hydrogen-bond donors (Lipinski definition) is 0. The first-order chi connectivity index (χ1) is 9.16. The van der Waals surface area contributed by atoms with Crippen LogP contribution < -0.4 is 0 Å². The molecule has 1 unspecified atom stereocenters. The lowest BCUT2D eigenvalue weighted by Crippen LogP contribution is -2.00. The van der Waals surface area contributed by atoms with Gasteiger partial charge in [0.15, 0.2) is 0 Å². The van der Waals surface area contributed by atoms with E-state index in [4.69, 9.17) is 4.74 Å². The Morgan fingerprint density at radius 1 is 0.895 bits per heavy atom. The summed E-state index contributed by atoms with van der Waals surface area (Å²) >= 11 is 0. The largest absolute Gasteiger partial charge is 0.466 e. The Labute approximate surface area is 120 Å². The van der Waals surface area contributed by atoms with Gasteiger partial charge in [-0.1, -0.05) is 78.1 Å². The minimum Gasteiger partial charge on any atom is -0.466 e. The standard InChI is InChI=1S/C17H34O2/c1-4-5-6-10-13-16(2)14-11-8-7-9-12-15-19-17(3)18/h16H,4-15H2,1-3H3. The second kappa shape index (κ2) is 13.9. The first-order valence-electron chi connectivity index (χ1n) is 8.30. The predicted molar refractivity (Wildman–Crippen MR) is 82.3 cm³/mol. The third-order valence-corrected chi connectivity index (χ3v) is 3.70. The topological polar surface area (TPSA) is 26.3 Å². The number of rotatable bonds is 13. The van der Waals surface area contributed by atoms with E-state index in [2.05, 4.69) is 13.8 Å². The molecule has 0 saturated carbocycles. The van der Waals surface area contributed by atoms with Crippen molar-refractivity contribution in [2.45, 2.75) is 91.4 Å². The fourth-order valence-electron chi connectivity index (χ4n) is 2.41. The van der Waals surface area contributed by atoms with E-state index in [9.17, 15) is 4.79 Å². The smallest absolute Gasteiger partial charge is 0.302 e. The maximum Gasteiger partial charge on any atom is 0.302 e. The molecule has 0 rings (SSSR count). The monoisotopic (exact) mass is 270 g/mol. The summed E-state index contributed by atoms with van der Waals surface area (Å²) in [5.41, 5.74) is 0. The summed E-state index contributed by atoms with van der Waals surface area (Å²) in [6.07, 6.45) is 14.5. The van der Waals surface area contributed by atoms with Gasteiger partial charge in [0, 0.05) is 6.92 Å². The summed E-state index contributed by atoms with van der Waals surface area (Å²) in [5.74, 6) is 0.745. The highest BCUT2D eigenvalue weighted by Crippen LogP contribution is 2.17. The maximum absolute atomic E-state index is 10.6. The van der Waals surface area contributed by atoms with Crippen molar-refractivity contribution in [1.29, 1.82) is 0 Å². The van der Waals surface area contributed by atoms with Gasteiger partial charge in [-0.25, -0.2) is 0 Å². The predicted octanol–water partition coefficient (Wildman–Crippen LogP) is 5.50. The summed E-state index contributed by atoms with van der Waals surface area (Å²) in [7, 11) is 0. The quantitative estimate of drug-likeness (QED) is 0.326. The Bertz CT molecular complexity index is 201. The molecule has 0 radical (unpaired) electrons. The highest BCUT2D eigenvalue weighted by atomic mass is 16.5. The van der Waals surface area contributed by atoms with Crippen LogP contribution in [-0.4, -0.2) is 12.6 Å². The van der Waals surface area contributed by atoms with Gasteiger partial charge in [-0.2, -0.15) is 0 Å². The van der Waals surface area contributed by atoms with Gasteiger partial charge < -0.3 is 4.74 Å². The molecule has 0 saturated heterocycles. The van der Waals surface area contributed by atoms with Crippen LogP contribution in [-0.2, 0) is 9.53 Å². The maximum atomic E-state index is 10.6. The summed E-state index contributed by atoms with van der Waals surface area (Å²) in [5, 5.41) is 0. The first-order valence-corrected chi connectivity index (χ1v) is 8.30. The highest BCUT2D eigenvalue weighted by Gasteiger charge is 2.01. The van der Waals surface area contributed by atoms with Gasteiger partial charge in [-0.05, 0) is 12.3 Å². The number of carbonyl (C=O) groups is 1. The molecule has 0 spiro atoms. The normalized spacial score (nSPS) is 12.4. The van der Waals surface area contributed by atoms with Crippen molar-refractivity contribution in [3.63, 3.8) is 0 Å². The van der Waals surface area contributed by atoms with Gasteiger partial charge >= 0.3 is 5.97 Å². The van der Waals surface area contributed by atoms with Gasteiger partial charge in [0.1, 0.15) is 0 Å². The molecular weight excluding hydrogens is 236 g/mol. The molecule has 0 aliphatic rings.